The lowest BCUT2D eigenvalue weighted by molar-refractivity contribution is -0.148. The van der Waals surface area contributed by atoms with Crippen LogP contribution in [0.1, 0.15) is 143 Å². The molecule has 0 radical (unpaired) electrons. The fourth-order valence-corrected chi connectivity index (χ4v) is 4.73. The number of nitrogens with zero attached hydrogens (tertiary/aromatic N) is 1. The highest BCUT2D eigenvalue weighted by Gasteiger charge is 2.18. The Morgan fingerprint density at radius 1 is 0.596 bits per heavy atom. The first-order valence-electron chi connectivity index (χ1n) is 18.6. The number of allylic oxidation sites excluding steroid dienone is 5. The molecular formula is C39H69NO7. The van der Waals surface area contributed by atoms with Crippen molar-refractivity contribution in [2.24, 2.45) is 5.92 Å². The normalized spacial score (nSPS) is 12.6. The molecule has 0 aromatic carbocycles. The molecule has 0 aliphatic rings. The van der Waals surface area contributed by atoms with E-state index in [1.165, 1.54) is 25.7 Å². The zero-order valence-corrected chi connectivity index (χ0v) is 30.7. The molecule has 1 unspecified atom stereocenters. The molecule has 0 fully saturated rings. The Bertz CT molecular complexity index is 865. The number of hydrogen-bond acceptors (Lipinski definition) is 8. The summed E-state index contributed by atoms with van der Waals surface area (Å²) in [6, 6.07) is 0. The molecule has 0 amide bonds. The first-order valence-corrected chi connectivity index (χ1v) is 18.6. The van der Waals surface area contributed by atoms with Crippen molar-refractivity contribution >= 4 is 18.1 Å². The lowest BCUT2D eigenvalue weighted by Gasteiger charge is -2.17. The smallest absolute Gasteiger partial charge is 0.465 e. The Morgan fingerprint density at radius 2 is 1.15 bits per heavy atom. The van der Waals surface area contributed by atoms with Gasteiger partial charge in [-0.2, -0.15) is 0 Å². The van der Waals surface area contributed by atoms with Gasteiger partial charge in [0.2, 0.25) is 0 Å². The predicted molar refractivity (Wildman–Crippen MR) is 192 cm³/mol. The molecule has 0 N–H and O–H groups in total. The average Bonchev–Trinajstić information content (AvgIpc) is 3.04. The largest absolute Gasteiger partial charge is 0.508 e. The molecule has 47 heavy (non-hydrogen) atoms. The van der Waals surface area contributed by atoms with Crippen molar-refractivity contribution in [1.82, 2.24) is 4.90 Å². The molecule has 0 heterocycles. The van der Waals surface area contributed by atoms with Crippen LogP contribution in [0.25, 0.3) is 0 Å². The molecule has 0 saturated heterocycles. The summed E-state index contributed by atoms with van der Waals surface area (Å²) in [5.74, 6) is -1.19. The topological polar surface area (TPSA) is 91.4 Å². The van der Waals surface area contributed by atoms with Gasteiger partial charge in [-0.1, -0.05) is 102 Å². The van der Waals surface area contributed by atoms with Crippen LogP contribution < -0.4 is 0 Å². The van der Waals surface area contributed by atoms with Gasteiger partial charge in [0.25, 0.3) is 0 Å². The SMILES string of the molecule is CCCCC/C=C\C/C=C\CCCCCCCC(=O)OCC(COC(=O)/C=C(\CCCC)CCCCC)COC(=O)OCCN(C)C. The Kier molecular flexibility index (Phi) is 31.4. The van der Waals surface area contributed by atoms with Gasteiger partial charge in [0.1, 0.15) is 26.4 Å². The van der Waals surface area contributed by atoms with Gasteiger partial charge >= 0.3 is 18.1 Å². The molecule has 0 aromatic heterocycles. The van der Waals surface area contributed by atoms with Crippen LogP contribution >= 0.6 is 0 Å². The number of likely N-dealkylation sites (N-methyl/N-ethyl adjacent to an activating group) is 1. The Hall–Kier alpha value is -2.61. The first kappa shape index (κ1) is 44.4. The number of rotatable bonds is 31. The first-order chi connectivity index (χ1) is 22.8. The highest BCUT2D eigenvalue weighted by Crippen LogP contribution is 2.16. The van der Waals surface area contributed by atoms with Crippen LogP contribution in [0.4, 0.5) is 4.79 Å². The van der Waals surface area contributed by atoms with Crippen LogP contribution in [0.15, 0.2) is 36.0 Å². The van der Waals surface area contributed by atoms with Crippen LogP contribution in [0.2, 0.25) is 0 Å². The Balaban J connectivity index is 4.56. The van der Waals surface area contributed by atoms with E-state index in [0.29, 0.717) is 13.0 Å². The molecule has 0 spiro atoms. The van der Waals surface area contributed by atoms with Gasteiger partial charge in [0.15, 0.2) is 0 Å². The van der Waals surface area contributed by atoms with Gasteiger partial charge in [-0.3, -0.25) is 4.79 Å². The Morgan fingerprint density at radius 3 is 1.83 bits per heavy atom. The summed E-state index contributed by atoms with van der Waals surface area (Å²) in [5.41, 5.74) is 1.10. The Labute approximate surface area is 287 Å². The average molecular weight is 664 g/mol. The maximum absolute atomic E-state index is 12.7. The van der Waals surface area contributed by atoms with Crippen molar-refractivity contribution in [1.29, 1.82) is 0 Å². The summed E-state index contributed by atoms with van der Waals surface area (Å²) in [7, 11) is 3.77. The van der Waals surface area contributed by atoms with E-state index in [0.717, 1.165) is 95.5 Å². The number of carbonyl (C=O) groups is 3. The van der Waals surface area contributed by atoms with Crippen molar-refractivity contribution in [3.8, 4) is 0 Å². The van der Waals surface area contributed by atoms with Gasteiger partial charge < -0.3 is 23.8 Å². The molecule has 0 bridgehead atoms. The number of hydrogen-bond donors (Lipinski definition) is 0. The van der Waals surface area contributed by atoms with Crippen molar-refractivity contribution in [2.45, 2.75) is 143 Å². The van der Waals surface area contributed by atoms with Crippen molar-refractivity contribution in [2.75, 3.05) is 47.1 Å². The molecule has 8 nitrogen and oxygen atoms in total. The highest BCUT2D eigenvalue weighted by atomic mass is 16.7. The standard InChI is InChI=1S/C39H69NO7/c1-6-9-12-13-14-15-16-17-18-19-20-21-22-23-25-28-37(41)45-32-36(34-47-39(43)44-30-29-40(4)5)33-46-38(42)31-35(26-11-8-3)27-24-10-7-2/h14-15,17-18,31,36H,6-13,16,19-30,32-34H2,1-5H3/b15-14-,18-17-,35-31+. The third-order valence-electron chi connectivity index (χ3n) is 7.74. The maximum atomic E-state index is 12.7. The van der Waals surface area contributed by atoms with Crippen LogP contribution in [-0.4, -0.2) is 70.1 Å². The molecular weight excluding hydrogens is 594 g/mol. The van der Waals surface area contributed by atoms with E-state index in [9.17, 15) is 14.4 Å². The minimum absolute atomic E-state index is 0.000258. The summed E-state index contributed by atoms with van der Waals surface area (Å²) in [5, 5.41) is 0. The number of ether oxygens (including phenoxy) is 4. The van der Waals surface area contributed by atoms with Gasteiger partial charge in [-0.05, 0) is 78.3 Å². The summed E-state index contributed by atoms with van der Waals surface area (Å²) >= 11 is 0. The minimum atomic E-state index is -0.794. The van der Waals surface area contributed by atoms with Crippen molar-refractivity contribution in [3.63, 3.8) is 0 Å². The van der Waals surface area contributed by atoms with Gasteiger partial charge in [0, 0.05) is 19.0 Å². The fourth-order valence-electron chi connectivity index (χ4n) is 4.73. The third-order valence-corrected chi connectivity index (χ3v) is 7.74. The second-order valence-corrected chi connectivity index (χ2v) is 12.7. The van der Waals surface area contributed by atoms with E-state index < -0.39 is 18.0 Å². The van der Waals surface area contributed by atoms with Gasteiger partial charge in [-0.25, -0.2) is 9.59 Å². The molecule has 0 aliphatic heterocycles. The molecule has 0 aliphatic carbocycles. The second kappa shape index (κ2) is 33.3. The van der Waals surface area contributed by atoms with E-state index in [1.807, 2.05) is 19.0 Å². The summed E-state index contributed by atoms with van der Waals surface area (Å²) in [4.78, 5) is 39.0. The van der Waals surface area contributed by atoms with Crippen molar-refractivity contribution in [3.05, 3.63) is 36.0 Å². The van der Waals surface area contributed by atoms with Crippen LogP contribution in [0.3, 0.4) is 0 Å². The minimum Gasteiger partial charge on any atom is -0.465 e. The van der Waals surface area contributed by atoms with Gasteiger partial charge in [-0.15, -0.1) is 0 Å². The summed E-state index contributed by atoms with van der Waals surface area (Å²) in [6.45, 7) is 7.21. The van der Waals surface area contributed by atoms with E-state index in [-0.39, 0.29) is 32.4 Å². The fraction of sp³-hybridized carbons (Fsp3) is 0.769. The quantitative estimate of drug-likeness (QED) is 0.0238. The molecule has 0 saturated carbocycles. The molecule has 1 atom stereocenters. The molecule has 272 valence electrons. The lowest BCUT2D eigenvalue weighted by atomic mass is 10.0. The molecule has 8 heteroatoms. The van der Waals surface area contributed by atoms with E-state index in [2.05, 4.69) is 45.1 Å². The zero-order chi connectivity index (χ0) is 34.8. The predicted octanol–water partition coefficient (Wildman–Crippen LogP) is 9.91. The summed E-state index contributed by atoms with van der Waals surface area (Å²) < 4.78 is 21.4. The summed E-state index contributed by atoms with van der Waals surface area (Å²) in [6.07, 6.45) is 29.7. The van der Waals surface area contributed by atoms with Crippen molar-refractivity contribution < 1.29 is 33.3 Å². The monoisotopic (exact) mass is 664 g/mol. The molecule has 0 aromatic rings. The van der Waals surface area contributed by atoms with Crippen LogP contribution in [0.5, 0.6) is 0 Å². The zero-order valence-electron chi connectivity index (χ0n) is 30.7. The third kappa shape index (κ3) is 31.7. The lowest BCUT2D eigenvalue weighted by Crippen LogP contribution is -2.27. The number of esters is 2. The van der Waals surface area contributed by atoms with E-state index in [1.54, 1.807) is 6.08 Å². The van der Waals surface area contributed by atoms with E-state index in [4.69, 9.17) is 18.9 Å². The maximum Gasteiger partial charge on any atom is 0.508 e. The van der Waals surface area contributed by atoms with E-state index >= 15 is 0 Å². The van der Waals surface area contributed by atoms with Gasteiger partial charge in [0.05, 0.1) is 5.92 Å². The number of carbonyl (C=O) groups excluding carboxylic acids is 3. The second-order valence-electron chi connectivity index (χ2n) is 12.7. The highest BCUT2D eigenvalue weighted by molar-refractivity contribution is 5.82. The number of unbranched alkanes of at least 4 members (excludes halogenated alkanes) is 11. The van der Waals surface area contributed by atoms with Crippen LogP contribution in [0, 0.1) is 5.92 Å². The van der Waals surface area contributed by atoms with Crippen LogP contribution in [-0.2, 0) is 28.5 Å². The molecule has 0 rings (SSSR count).